The van der Waals surface area contributed by atoms with E-state index in [1.165, 1.54) is 24.3 Å². The smallest absolute Gasteiger partial charge is 0.319 e. The van der Waals surface area contributed by atoms with Gasteiger partial charge in [0.2, 0.25) is 5.91 Å². The Bertz CT molecular complexity index is 537. The average molecular weight is 293 g/mol. The molecule has 1 heterocycles. The molecule has 2 rings (SSSR count). The summed E-state index contributed by atoms with van der Waals surface area (Å²) < 4.78 is 12.8. The van der Waals surface area contributed by atoms with Crippen LogP contribution in [0, 0.1) is 5.82 Å². The monoisotopic (exact) mass is 293 g/mol. The minimum absolute atomic E-state index is 0.0367. The molecule has 2 N–H and O–H groups in total. The second kappa shape index (κ2) is 5.71. The Kier molecular flexibility index (Phi) is 4.16. The SMILES string of the molecule is CC(C)(C)N1CC(NC(=O)Nc2ccc(F)cc2)CC1=O. The number of hydrogen-bond donors (Lipinski definition) is 2. The Morgan fingerprint density at radius 3 is 2.43 bits per heavy atom. The Morgan fingerprint density at radius 1 is 1.29 bits per heavy atom. The number of nitrogens with zero attached hydrogens (tertiary/aromatic N) is 1. The summed E-state index contributed by atoms with van der Waals surface area (Å²) in [5.41, 5.74) is 0.256. The number of halogens is 1. The highest BCUT2D eigenvalue weighted by Crippen LogP contribution is 2.21. The van der Waals surface area contributed by atoms with Crippen LogP contribution in [0.15, 0.2) is 24.3 Å². The van der Waals surface area contributed by atoms with Gasteiger partial charge in [0.05, 0.1) is 6.04 Å². The number of amides is 3. The van der Waals surface area contributed by atoms with Crippen LogP contribution in [-0.4, -0.2) is 35.0 Å². The summed E-state index contributed by atoms with van der Waals surface area (Å²) in [6.07, 6.45) is 0.300. The van der Waals surface area contributed by atoms with E-state index in [9.17, 15) is 14.0 Å². The maximum Gasteiger partial charge on any atom is 0.319 e. The molecule has 1 aromatic rings. The van der Waals surface area contributed by atoms with Crippen LogP contribution in [0.1, 0.15) is 27.2 Å². The van der Waals surface area contributed by atoms with Crippen LogP contribution in [0.5, 0.6) is 0 Å². The van der Waals surface area contributed by atoms with Crippen molar-refractivity contribution in [1.82, 2.24) is 10.2 Å². The summed E-state index contributed by atoms with van der Waals surface area (Å²) in [6.45, 7) is 6.39. The second-order valence-corrected chi connectivity index (χ2v) is 6.18. The van der Waals surface area contributed by atoms with E-state index >= 15 is 0 Å². The van der Waals surface area contributed by atoms with Gasteiger partial charge in [-0.05, 0) is 45.0 Å². The van der Waals surface area contributed by atoms with E-state index in [1.807, 2.05) is 20.8 Å². The lowest BCUT2D eigenvalue weighted by atomic mass is 10.1. The summed E-state index contributed by atoms with van der Waals surface area (Å²) in [6, 6.07) is 4.91. The van der Waals surface area contributed by atoms with Gasteiger partial charge in [0.25, 0.3) is 0 Å². The number of benzene rings is 1. The van der Waals surface area contributed by atoms with Crippen LogP contribution in [0.3, 0.4) is 0 Å². The largest absolute Gasteiger partial charge is 0.336 e. The van der Waals surface area contributed by atoms with Crippen molar-refractivity contribution in [3.05, 3.63) is 30.1 Å². The van der Waals surface area contributed by atoms with Gasteiger partial charge in [-0.3, -0.25) is 4.79 Å². The van der Waals surface area contributed by atoms with Gasteiger partial charge < -0.3 is 15.5 Å². The molecule has 1 aliphatic heterocycles. The predicted molar refractivity (Wildman–Crippen MR) is 78.4 cm³/mol. The molecule has 1 fully saturated rings. The topological polar surface area (TPSA) is 61.4 Å². The number of nitrogens with one attached hydrogen (secondary N) is 2. The first-order valence-electron chi connectivity index (χ1n) is 6.89. The van der Waals surface area contributed by atoms with Gasteiger partial charge in [0, 0.05) is 24.2 Å². The van der Waals surface area contributed by atoms with E-state index in [4.69, 9.17) is 0 Å². The zero-order chi connectivity index (χ0) is 15.6. The molecule has 0 radical (unpaired) electrons. The van der Waals surface area contributed by atoms with Gasteiger partial charge in [-0.1, -0.05) is 0 Å². The minimum atomic E-state index is -0.393. The molecule has 0 aromatic heterocycles. The van der Waals surface area contributed by atoms with Crippen LogP contribution >= 0.6 is 0 Å². The normalized spacial score (nSPS) is 18.8. The first-order valence-corrected chi connectivity index (χ1v) is 6.89. The molecule has 0 spiro atoms. The number of carbonyl (C=O) groups is 2. The molecule has 0 aliphatic carbocycles. The van der Waals surface area contributed by atoms with Gasteiger partial charge in [-0.2, -0.15) is 0 Å². The Balaban J connectivity index is 1.89. The lowest BCUT2D eigenvalue weighted by Crippen LogP contribution is -2.45. The lowest BCUT2D eigenvalue weighted by Gasteiger charge is -2.32. The molecular formula is C15H20FN3O2. The highest BCUT2D eigenvalue weighted by atomic mass is 19.1. The van der Waals surface area contributed by atoms with Crippen molar-refractivity contribution in [2.75, 3.05) is 11.9 Å². The molecule has 1 aromatic carbocycles. The molecule has 1 saturated heterocycles. The standard InChI is InChI=1S/C15H20FN3O2/c1-15(2,3)19-9-12(8-13(19)20)18-14(21)17-11-6-4-10(16)5-7-11/h4-7,12H,8-9H2,1-3H3,(H2,17,18,21). The lowest BCUT2D eigenvalue weighted by molar-refractivity contribution is -0.131. The van der Waals surface area contributed by atoms with Gasteiger partial charge in [0.15, 0.2) is 0 Å². The number of likely N-dealkylation sites (tertiary alicyclic amines) is 1. The maximum absolute atomic E-state index is 12.8. The van der Waals surface area contributed by atoms with E-state index in [2.05, 4.69) is 10.6 Å². The fourth-order valence-electron chi connectivity index (χ4n) is 2.34. The summed E-state index contributed by atoms with van der Waals surface area (Å²) in [5.74, 6) is -0.322. The van der Waals surface area contributed by atoms with E-state index in [0.717, 1.165) is 0 Å². The molecule has 1 aliphatic rings. The van der Waals surface area contributed by atoms with Gasteiger partial charge in [0.1, 0.15) is 5.82 Å². The van der Waals surface area contributed by atoms with Crippen molar-refractivity contribution in [2.45, 2.75) is 38.8 Å². The zero-order valence-corrected chi connectivity index (χ0v) is 12.4. The number of urea groups is 1. The highest BCUT2D eigenvalue weighted by molar-refractivity contribution is 5.90. The third kappa shape index (κ3) is 3.93. The molecule has 5 nitrogen and oxygen atoms in total. The maximum atomic E-state index is 12.8. The van der Waals surface area contributed by atoms with Crippen molar-refractivity contribution in [2.24, 2.45) is 0 Å². The molecule has 1 unspecified atom stereocenters. The van der Waals surface area contributed by atoms with Crippen LogP contribution < -0.4 is 10.6 Å². The molecule has 6 heteroatoms. The van der Waals surface area contributed by atoms with E-state index < -0.39 is 6.03 Å². The summed E-state index contributed by atoms with van der Waals surface area (Å²) >= 11 is 0. The Labute approximate surface area is 123 Å². The third-order valence-corrected chi connectivity index (χ3v) is 3.37. The molecule has 0 bridgehead atoms. The van der Waals surface area contributed by atoms with Crippen LogP contribution in [-0.2, 0) is 4.79 Å². The number of hydrogen-bond acceptors (Lipinski definition) is 2. The fourth-order valence-corrected chi connectivity index (χ4v) is 2.34. The summed E-state index contributed by atoms with van der Waals surface area (Å²) in [4.78, 5) is 25.6. The number of anilines is 1. The van der Waals surface area contributed by atoms with Gasteiger partial charge >= 0.3 is 6.03 Å². The summed E-state index contributed by atoms with van der Waals surface area (Å²) in [7, 11) is 0. The minimum Gasteiger partial charge on any atom is -0.336 e. The van der Waals surface area contributed by atoms with Crippen molar-refractivity contribution in [3.8, 4) is 0 Å². The first-order chi connectivity index (χ1) is 9.75. The Morgan fingerprint density at radius 2 is 1.90 bits per heavy atom. The Hall–Kier alpha value is -2.11. The third-order valence-electron chi connectivity index (χ3n) is 3.37. The average Bonchev–Trinajstić information content (AvgIpc) is 2.73. The number of rotatable bonds is 2. The number of carbonyl (C=O) groups excluding carboxylic acids is 2. The van der Waals surface area contributed by atoms with Crippen molar-refractivity contribution < 1.29 is 14.0 Å². The zero-order valence-electron chi connectivity index (χ0n) is 12.4. The van der Waals surface area contributed by atoms with Crippen LogP contribution in [0.25, 0.3) is 0 Å². The quantitative estimate of drug-likeness (QED) is 0.879. The first kappa shape index (κ1) is 15.3. The van der Waals surface area contributed by atoms with E-state index in [1.54, 1.807) is 4.90 Å². The van der Waals surface area contributed by atoms with Crippen LogP contribution in [0.2, 0.25) is 0 Å². The van der Waals surface area contributed by atoms with Crippen molar-refractivity contribution in [3.63, 3.8) is 0 Å². The molecule has 3 amide bonds. The molecule has 1 atom stereocenters. The van der Waals surface area contributed by atoms with E-state index in [-0.39, 0.29) is 23.3 Å². The van der Waals surface area contributed by atoms with Gasteiger partial charge in [-0.15, -0.1) is 0 Å². The second-order valence-electron chi connectivity index (χ2n) is 6.18. The molecule has 21 heavy (non-hydrogen) atoms. The molecule has 0 saturated carbocycles. The molecule has 114 valence electrons. The molecular weight excluding hydrogens is 273 g/mol. The summed E-state index contributed by atoms with van der Waals surface area (Å²) in [5, 5.41) is 5.39. The fraction of sp³-hybridized carbons (Fsp3) is 0.467. The van der Waals surface area contributed by atoms with E-state index in [0.29, 0.717) is 18.7 Å². The van der Waals surface area contributed by atoms with Crippen molar-refractivity contribution in [1.29, 1.82) is 0 Å². The highest BCUT2D eigenvalue weighted by Gasteiger charge is 2.36. The van der Waals surface area contributed by atoms with Crippen LogP contribution in [0.4, 0.5) is 14.9 Å². The van der Waals surface area contributed by atoms with Gasteiger partial charge in [-0.25, -0.2) is 9.18 Å². The predicted octanol–water partition coefficient (Wildman–Crippen LogP) is 2.35. The van der Waals surface area contributed by atoms with Crippen molar-refractivity contribution >= 4 is 17.6 Å².